The molecule has 1 saturated carbocycles. The Kier molecular flexibility index (Phi) is 5.61. The highest BCUT2D eigenvalue weighted by molar-refractivity contribution is 5.97. The molecule has 5 nitrogen and oxygen atoms in total. The zero-order valence-corrected chi connectivity index (χ0v) is 15.2. The van der Waals surface area contributed by atoms with E-state index in [1.807, 2.05) is 47.9 Å². The Labute approximate surface area is 149 Å². The zero-order valence-electron chi connectivity index (χ0n) is 15.2. The Bertz CT molecular complexity index is 625. The molecule has 3 rings (SSSR count). The van der Waals surface area contributed by atoms with Crippen LogP contribution >= 0.6 is 0 Å². The molecule has 136 valence electrons. The second kappa shape index (κ2) is 7.89. The van der Waals surface area contributed by atoms with Crippen LogP contribution < -0.4 is 4.74 Å². The summed E-state index contributed by atoms with van der Waals surface area (Å²) in [5.74, 6) is 0.868. The van der Waals surface area contributed by atoms with Crippen LogP contribution in [0.15, 0.2) is 24.3 Å². The maximum absolute atomic E-state index is 13.0. The molecule has 1 aliphatic heterocycles. The van der Waals surface area contributed by atoms with E-state index in [-0.39, 0.29) is 23.8 Å². The minimum absolute atomic E-state index is 0.00106. The van der Waals surface area contributed by atoms with E-state index in [0.717, 1.165) is 25.8 Å². The smallest absolute Gasteiger partial charge is 0.257 e. The Morgan fingerprint density at radius 1 is 1.00 bits per heavy atom. The summed E-state index contributed by atoms with van der Waals surface area (Å²) in [6.07, 6.45) is 4.40. The van der Waals surface area contributed by atoms with E-state index in [0.29, 0.717) is 30.9 Å². The van der Waals surface area contributed by atoms with Crippen molar-refractivity contribution in [2.75, 3.05) is 26.2 Å². The molecule has 2 aliphatic rings. The average Bonchev–Trinajstić information content (AvgIpc) is 2.83. The zero-order chi connectivity index (χ0) is 17.8. The van der Waals surface area contributed by atoms with Crippen molar-refractivity contribution in [2.45, 2.75) is 45.6 Å². The van der Waals surface area contributed by atoms with Gasteiger partial charge in [-0.1, -0.05) is 26.0 Å². The van der Waals surface area contributed by atoms with Crippen molar-refractivity contribution in [3.05, 3.63) is 29.8 Å². The van der Waals surface area contributed by atoms with E-state index in [9.17, 15) is 9.59 Å². The fourth-order valence-electron chi connectivity index (χ4n) is 3.29. The molecular formula is C20H28N2O3. The number of carbonyl (C=O) groups excluding carboxylic acids is 2. The molecule has 0 atom stereocenters. The van der Waals surface area contributed by atoms with Crippen LogP contribution in [-0.4, -0.2) is 53.9 Å². The summed E-state index contributed by atoms with van der Waals surface area (Å²) in [5.41, 5.74) is 0.637. The number of para-hydroxylation sites is 1. The lowest BCUT2D eigenvalue weighted by molar-refractivity contribution is -0.134. The quantitative estimate of drug-likeness (QED) is 0.844. The first-order chi connectivity index (χ1) is 12.1. The first kappa shape index (κ1) is 17.8. The van der Waals surface area contributed by atoms with Crippen molar-refractivity contribution in [1.29, 1.82) is 0 Å². The van der Waals surface area contributed by atoms with Crippen LogP contribution in [0.4, 0.5) is 0 Å². The van der Waals surface area contributed by atoms with Crippen LogP contribution in [0.3, 0.4) is 0 Å². The minimum atomic E-state index is -0.00106. The fourth-order valence-corrected chi connectivity index (χ4v) is 3.29. The maximum atomic E-state index is 13.0. The summed E-state index contributed by atoms with van der Waals surface area (Å²) < 4.78 is 6.00. The van der Waals surface area contributed by atoms with Crippen molar-refractivity contribution in [2.24, 2.45) is 5.92 Å². The van der Waals surface area contributed by atoms with Gasteiger partial charge in [-0.15, -0.1) is 0 Å². The van der Waals surface area contributed by atoms with Gasteiger partial charge in [0, 0.05) is 32.1 Å². The van der Waals surface area contributed by atoms with Gasteiger partial charge in [-0.05, 0) is 37.8 Å². The molecule has 1 aliphatic carbocycles. The third kappa shape index (κ3) is 4.14. The average molecular weight is 344 g/mol. The molecule has 1 saturated heterocycles. The molecule has 2 fully saturated rings. The number of ether oxygens (including phenoxy) is 1. The number of rotatable bonds is 4. The second-order valence-electron chi connectivity index (χ2n) is 7.29. The number of amides is 2. The van der Waals surface area contributed by atoms with Crippen LogP contribution in [0.25, 0.3) is 0 Å². The van der Waals surface area contributed by atoms with E-state index >= 15 is 0 Å². The molecule has 1 heterocycles. The SMILES string of the molecule is CC(C)C(=O)N1CCCN(C(=O)c2ccccc2OC2CCC2)CC1. The lowest BCUT2D eigenvalue weighted by Crippen LogP contribution is -2.39. The maximum Gasteiger partial charge on any atom is 0.257 e. The normalized spacial score (nSPS) is 18.7. The molecule has 2 amide bonds. The lowest BCUT2D eigenvalue weighted by Gasteiger charge is -2.28. The first-order valence-corrected chi connectivity index (χ1v) is 9.40. The summed E-state index contributed by atoms with van der Waals surface area (Å²) >= 11 is 0. The number of nitrogens with zero attached hydrogens (tertiary/aromatic N) is 2. The lowest BCUT2D eigenvalue weighted by atomic mass is 9.96. The Hall–Kier alpha value is -2.04. The molecule has 0 radical (unpaired) electrons. The van der Waals surface area contributed by atoms with Gasteiger partial charge >= 0.3 is 0 Å². The van der Waals surface area contributed by atoms with Gasteiger partial charge in [0.2, 0.25) is 5.91 Å². The number of benzene rings is 1. The number of carbonyl (C=O) groups is 2. The molecule has 0 unspecified atom stereocenters. The first-order valence-electron chi connectivity index (χ1n) is 9.40. The van der Waals surface area contributed by atoms with Crippen LogP contribution in [0.2, 0.25) is 0 Å². The van der Waals surface area contributed by atoms with E-state index in [1.165, 1.54) is 6.42 Å². The molecule has 0 spiro atoms. The highest BCUT2D eigenvalue weighted by atomic mass is 16.5. The summed E-state index contributed by atoms with van der Waals surface area (Å²) in [6.45, 7) is 6.43. The highest BCUT2D eigenvalue weighted by Crippen LogP contribution is 2.28. The monoisotopic (exact) mass is 344 g/mol. The molecule has 0 N–H and O–H groups in total. The van der Waals surface area contributed by atoms with Gasteiger partial charge in [0.1, 0.15) is 5.75 Å². The third-order valence-electron chi connectivity index (χ3n) is 5.05. The van der Waals surface area contributed by atoms with Crippen molar-refractivity contribution >= 4 is 11.8 Å². The van der Waals surface area contributed by atoms with Crippen LogP contribution in [0, 0.1) is 5.92 Å². The van der Waals surface area contributed by atoms with Gasteiger partial charge in [-0.3, -0.25) is 9.59 Å². The van der Waals surface area contributed by atoms with Crippen molar-refractivity contribution in [3.8, 4) is 5.75 Å². The van der Waals surface area contributed by atoms with E-state index in [4.69, 9.17) is 4.74 Å². The van der Waals surface area contributed by atoms with Gasteiger partial charge in [0.05, 0.1) is 11.7 Å². The number of hydrogen-bond acceptors (Lipinski definition) is 3. The predicted molar refractivity (Wildman–Crippen MR) is 96.6 cm³/mol. The Morgan fingerprint density at radius 2 is 1.68 bits per heavy atom. The summed E-state index contributed by atoms with van der Waals surface area (Å²) in [5, 5.41) is 0. The van der Waals surface area contributed by atoms with Crippen LogP contribution in [-0.2, 0) is 4.79 Å². The molecule has 1 aromatic carbocycles. The predicted octanol–water partition coefficient (Wildman–Crippen LogP) is 2.95. The third-order valence-corrected chi connectivity index (χ3v) is 5.05. The molecule has 5 heteroatoms. The van der Waals surface area contributed by atoms with E-state index in [1.54, 1.807) is 0 Å². The van der Waals surface area contributed by atoms with Crippen LogP contribution in [0.1, 0.15) is 49.9 Å². The van der Waals surface area contributed by atoms with Gasteiger partial charge < -0.3 is 14.5 Å². The van der Waals surface area contributed by atoms with Gasteiger partial charge in [0.15, 0.2) is 0 Å². The van der Waals surface area contributed by atoms with Crippen molar-refractivity contribution < 1.29 is 14.3 Å². The second-order valence-corrected chi connectivity index (χ2v) is 7.29. The van der Waals surface area contributed by atoms with E-state index in [2.05, 4.69) is 0 Å². The number of hydrogen-bond donors (Lipinski definition) is 0. The Morgan fingerprint density at radius 3 is 2.36 bits per heavy atom. The summed E-state index contributed by atoms with van der Waals surface area (Å²) in [6, 6.07) is 7.53. The standard InChI is InChI=1S/C20H28N2O3/c1-15(2)19(23)21-11-6-12-22(14-13-21)20(24)17-9-3-4-10-18(17)25-16-7-5-8-16/h3-4,9-10,15-16H,5-8,11-14H2,1-2H3. The minimum Gasteiger partial charge on any atom is -0.490 e. The van der Waals surface area contributed by atoms with Gasteiger partial charge in [-0.2, -0.15) is 0 Å². The summed E-state index contributed by atoms with van der Waals surface area (Å²) in [7, 11) is 0. The van der Waals surface area contributed by atoms with E-state index < -0.39 is 0 Å². The van der Waals surface area contributed by atoms with Crippen molar-refractivity contribution in [3.63, 3.8) is 0 Å². The van der Waals surface area contributed by atoms with Crippen molar-refractivity contribution in [1.82, 2.24) is 9.80 Å². The fraction of sp³-hybridized carbons (Fsp3) is 0.600. The molecule has 0 aromatic heterocycles. The van der Waals surface area contributed by atoms with Crippen LogP contribution in [0.5, 0.6) is 5.75 Å². The molecule has 25 heavy (non-hydrogen) atoms. The molecular weight excluding hydrogens is 316 g/mol. The Balaban J connectivity index is 1.68. The van der Waals surface area contributed by atoms with Gasteiger partial charge in [0.25, 0.3) is 5.91 Å². The van der Waals surface area contributed by atoms with Gasteiger partial charge in [-0.25, -0.2) is 0 Å². The topological polar surface area (TPSA) is 49.9 Å². The molecule has 0 bridgehead atoms. The highest BCUT2D eigenvalue weighted by Gasteiger charge is 2.27. The summed E-state index contributed by atoms with van der Waals surface area (Å²) in [4.78, 5) is 29.0. The molecule has 1 aromatic rings. The largest absolute Gasteiger partial charge is 0.490 e.